The molecule has 0 atom stereocenters. The van der Waals surface area contributed by atoms with Crippen LogP contribution >= 0.6 is 85.5 Å². The molecule has 0 fully saturated rings. The van der Waals surface area contributed by atoms with Crippen molar-refractivity contribution in [2.75, 3.05) is 6.54 Å². The zero-order chi connectivity index (χ0) is 32.7. The Balaban J connectivity index is 1.47. The number of hydrogen-bond acceptors (Lipinski definition) is 6. The van der Waals surface area contributed by atoms with Gasteiger partial charge in [0.15, 0.2) is 5.78 Å². The van der Waals surface area contributed by atoms with E-state index in [1.807, 2.05) is 0 Å². The summed E-state index contributed by atoms with van der Waals surface area (Å²) in [5.74, 6) is -4.35. The Bertz CT molecular complexity index is 1890. The molecule has 4 aromatic carbocycles. The summed E-state index contributed by atoms with van der Waals surface area (Å²) in [5.41, 5.74) is -0.612. The average Bonchev–Trinajstić information content (AvgIpc) is 3.27. The second-order valence-electron chi connectivity index (χ2n) is 9.26. The van der Waals surface area contributed by atoms with Crippen molar-refractivity contribution in [3.8, 4) is 5.75 Å². The Morgan fingerprint density at radius 2 is 1.24 bits per heavy atom. The van der Waals surface area contributed by atoms with Gasteiger partial charge in [-0.2, -0.15) is 5.01 Å². The number of esters is 1. The van der Waals surface area contributed by atoms with E-state index < -0.39 is 47.1 Å². The Morgan fingerprint density at radius 3 is 1.78 bits per heavy atom. The molecule has 8 nitrogen and oxygen atoms in total. The number of imide groups is 1. The first-order chi connectivity index (χ1) is 21.3. The highest BCUT2D eigenvalue weighted by molar-refractivity contribution is 9.10. The van der Waals surface area contributed by atoms with Gasteiger partial charge in [0.25, 0.3) is 17.7 Å². The van der Waals surface area contributed by atoms with Crippen LogP contribution in [0.25, 0.3) is 0 Å². The van der Waals surface area contributed by atoms with E-state index >= 15 is 0 Å². The molecule has 4 aromatic rings. The zero-order valence-electron chi connectivity index (χ0n) is 22.0. The minimum absolute atomic E-state index is 0.0530. The van der Waals surface area contributed by atoms with Crippen LogP contribution in [0.5, 0.6) is 5.75 Å². The van der Waals surface area contributed by atoms with Gasteiger partial charge < -0.3 is 4.74 Å². The van der Waals surface area contributed by atoms with Crippen LogP contribution in [0, 0.1) is 0 Å². The molecule has 45 heavy (non-hydrogen) atoms. The van der Waals surface area contributed by atoms with Gasteiger partial charge in [0.05, 0.1) is 47.4 Å². The number of halogens is 7. The topological polar surface area (TPSA) is 101 Å². The molecule has 0 bridgehead atoms. The summed E-state index contributed by atoms with van der Waals surface area (Å²) in [6.07, 6.45) is 0. The molecule has 0 N–H and O–H groups in total. The van der Waals surface area contributed by atoms with Crippen LogP contribution in [0.1, 0.15) is 51.8 Å². The van der Waals surface area contributed by atoms with Gasteiger partial charge in [-0.15, -0.1) is 0 Å². The third-order valence-corrected chi connectivity index (χ3v) is 9.36. The van der Waals surface area contributed by atoms with Crippen molar-refractivity contribution in [1.29, 1.82) is 0 Å². The fourth-order valence-electron chi connectivity index (χ4n) is 4.28. The summed E-state index contributed by atoms with van der Waals surface area (Å²) >= 11 is 40.3. The summed E-state index contributed by atoms with van der Waals surface area (Å²) in [5, 5.41) is -0.144. The van der Waals surface area contributed by atoms with Gasteiger partial charge in [0.1, 0.15) is 12.3 Å². The van der Waals surface area contributed by atoms with Crippen molar-refractivity contribution in [2.24, 2.45) is 0 Å². The molecular weight excluding hydrogens is 777 g/mol. The number of carbonyl (C=O) groups excluding carboxylic acids is 5. The lowest BCUT2D eigenvalue weighted by molar-refractivity contribution is 0.00532. The number of benzene rings is 4. The number of ether oxygens (including phenoxy) is 1. The second-order valence-corrected chi connectivity index (χ2v) is 12.5. The Labute approximate surface area is 293 Å². The van der Waals surface area contributed by atoms with Crippen molar-refractivity contribution in [2.45, 2.75) is 0 Å². The maximum atomic E-state index is 13.8. The lowest BCUT2D eigenvalue weighted by atomic mass is 10.1. The Morgan fingerprint density at radius 1 is 0.711 bits per heavy atom. The number of hydrazine groups is 1. The minimum atomic E-state index is -1.08. The van der Waals surface area contributed by atoms with Gasteiger partial charge in [-0.1, -0.05) is 85.5 Å². The van der Waals surface area contributed by atoms with E-state index in [4.69, 9.17) is 74.3 Å². The normalized spacial score (nSPS) is 12.3. The SMILES string of the molecule is O=C(CN(C(=O)c1ccc(Cl)cc1Cl)N1C(=O)c2c(Cl)c(Cl)c(Cl)c(Cl)c2C1=O)c1ccc(OC(=O)c2ccc(Br)cc2)cc1. The third kappa shape index (κ3) is 6.44. The molecule has 0 saturated heterocycles. The smallest absolute Gasteiger partial charge is 0.343 e. The fourth-order valence-corrected chi connectivity index (χ4v) is 6.05. The molecule has 0 spiro atoms. The number of hydrogen-bond donors (Lipinski definition) is 0. The molecule has 0 aliphatic carbocycles. The molecule has 0 saturated carbocycles. The molecule has 1 aliphatic heterocycles. The number of rotatable bonds is 7. The van der Waals surface area contributed by atoms with Gasteiger partial charge in [0.2, 0.25) is 0 Å². The van der Waals surface area contributed by atoms with Crippen LogP contribution in [0.15, 0.2) is 71.2 Å². The van der Waals surface area contributed by atoms with Gasteiger partial charge in [-0.25, -0.2) is 9.80 Å². The summed E-state index contributed by atoms with van der Waals surface area (Å²) in [4.78, 5) is 67.0. The van der Waals surface area contributed by atoms with E-state index in [9.17, 15) is 24.0 Å². The Hall–Kier alpha value is -3.15. The maximum absolute atomic E-state index is 13.8. The molecule has 1 heterocycles. The standard InChI is InChI=1S/C30H13BrCl6N2O6/c31-15-5-1-14(2-6-15)30(44)45-17-8-3-13(4-9-17)20(40)12-38(27(41)18-10-7-16(32)11-19(18)33)39-28(42)21-22(29(39)43)24(35)26(37)25(36)23(21)34/h1-11H,12H2. The number of ketones is 1. The lowest BCUT2D eigenvalue weighted by Gasteiger charge is -2.29. The molecule has 0 radical (unpaired) electrons. The minimum Gasteiger partial charge on any atom is -0.423 e. The van der Waals surface area contributed by atoms with Crippen LogP contribution < -0.4 is 4.74 Å². The highest BCUT2D eigenvalue weighted by Crippen LogP contribution is 2.45. The van der Waals surface area contributed by atoms with Crippen molar-refractivity contribution < 1.29 is 28.7 Å². The average molecular weight is 790 g/mol. The number of fused-ring (bicyclic) bond motifs is 1. The molecular formula is C30H13BrCl6N2O6. The predicted molar refractivity (Wildman–Crippen MR) is 174 cm³/mol. The summed E-state index contributed by atoms with van der Waals surface area (Å²) < 4.78 is 6.15. The van der Waals surface area contributed by atoms with Crippen LogP contribution in [0.3, 0.4) is 0 Å². The Kier molecular flexibility index (Phi) is 9.82. The highest BCUT2D eigenvalue weighted by Gasteiger charge is 2.46. The first kappa shape index (κ1) is 33.2. The lowest BCUT2D eigenvalue weighted by Crippen LogP contribution is -2.51. The molecule has 1 aliphatic rings. The van der Waals surface area contributed by atoms with E-state index in [-0.39, 0.29) is 47.0 Å². The van der Waals surface area contributed by atoms with Gasteiger partial charge in [-0.3, -0.25) is 19.2 Å². The molecule has 3 amide bonds. The van der Waals surface area contributed by atoms with Crippen molar-refractivity contribution >= 4 is 115 Å². The van der Waals surface area contributed by atoms with Gasteiger partial charge >= 0.3 is 5.97 Å². The third-order valence-electron chi connectivity index (χ3n) is 6.48. The number of nitrogens with zero attached hydrogens (tertiary/aromatic N) is 2. The zero-order valence-corrected chi connectivity index (χ0v) is 28.2. The second kappa shape index (κ2) is 13.3. The number of Topliss-reactive ketones (excluding diaryl/α,β-unsaturated/α-hetero) is 1. The van der Waals surface area contributed by atoms with E-state index in [1.54, 1.807) is 24.3 Å². The van der Waals surface area contributed by atoms with E-state index in [1.165, 1.54) is 42.5 Å². The molecule has 0 unspecified atom stereocenters. The maximum Gasteiger partial charge on any atom is 0.343 e. The van der Waals surface area contributed by atoms with Crippen LogP contribution in [-0.4, -0.2) is 46.0 Å². The van der Waals surface area contributed by atoms with E-state index in [2.05, 4.69) is 15.9 Å². The summed E-state index contributed by atoms with van der Waals surface area (Å²) in [6, 6.07) is 15.9. The predicted octanol–water partition coefficient (Wildman–Crippen LogP) is 9.12. The summed E-state index contributed by atoms with van der Waals surface area (Å²) in [7, 11) is 0. The number of carbonyl (C=O) groups is 5. The van der Waals surface area contributed by atoms with Gasteiger partial charge in [-0.05, 0) is 66.7 Å². The van der Waals surface area contributed by atoms with Crippen LogP contribution in [0.4, 0.5) is 0 Å². The molecule has 0 aromatic heterocycles. The highest BCUT2D eigenvalue weighted by atomic mass is 79.9. The first-order valence-corrected chi connectivity index (χ1v) is 15.5. The van der Waals surface area contributed by atoms with E-state index in [0.717, 1.165) is 4.47 Å². The largest absolute Gasteiger partial charge is 0.423 e. The van der Waals surface area contributed by atoms with Gasteiger partial charge in [0, 0.05) is 15.1 Å². The molecule has 5 rings (SSSR count). The fraction of sp³-hybridized carbons (Fsp3) is 0.0333. The van der Waals surface area contributed by atoms with Crippen LogP contribution in [0.2, 0.25) is 30.1 Å². The molecule has 15 heteroatoms. The summed E-state index contributed by atoms with van der Waals surface area (Å²) in [6.45, 7) is -0.821. The first-order valence-electron chi connectivity index (χ1n) is 12.4. The van der Waals surface area contributed by atoms with Crippen molar-refractivity contribution in [1.82, 2.24) is 10.0 Å². The number of amides is 3. The quantitative estimate of drug-likeness (QED) is 0.0463. The van der Waals surface area contributed by atoms with E-state index in [0.29, 0.717) is 15.6 Å². The van der Waals surface area contributed by atoms with Crippen molar-refractivity contribution in [3.05, 3.63) is 129 Å². The van der Waals surface area contributed by atoms with Crippen molar-refractivity contribution in [3.63, 3.8) is 0 Å². The monoisotopic (exact) mass is 786 g/mol. The van der Waals surface area contributed by atoms with Crippen LogP contribution in [-0.2, 0) is 0 Å². The molecule has 228 valence electrons.